The molecule has 0 bridgehead atoms. The molecule has 0 amide bonds. The molecule has 0 aliphatic rings. The molecule has 0 saturated carbocycles. The smallest absolute Gasteiger partial charge is 0.307 e. The van der Waals surface area contributed by atoms with Crippen molar-refractivity contribution in [3.63, 3.8) is 0 Å². The Morgan fingerprint density at radius 2 is 1.95 bits per heavy atom. The molecule has 112 valence electrons. The molecule has 1 aromatic rings. The standard InChI is InChI=1S/C10H12Cl2N2O5S/c1-10(2,15)5-13-20(18,19)7-4-3-6(11)9(8(7)12)14(16)17/h3-4,13,15H,5H2,1-2H3. The van der Waals surface area contributed by atoms with Gasteiger partial charge in [-0.25, -0.2) is 13.1 Å². The van der Waals surface area contributed by atoms with Gasteiger partial charge < -0.3 is 5.11 Å². The molecule has 2 N–H and O–H groups in total. The monoisotopic (exact) mass is 342 g/mol. The number of hydrogen-bond donors (Lipinski definition) is 2. The summed E-state index contributed by atoms with van der Waals surface area (Å²) in [7, 11) is -4.10. The number of halogens is 2. The van der Waals surface area contributed by atoms with E-state index in [1.54, 1.807) is 0 Å². The van der Waals surface area contributed by atoms with Crippen LogP contribution >= 0.6 is 23.2 Å². The van der Waals surface area contributed by atoms with E-state index in [1.165, 1.54) is 13.8 Å². The van der Waals surface area contributed by atoms with E-state index < -0.39 is 36.2 Å². The molecule has 0 aromatic heterocycles. The zero-order valence-electron chi connectivity index (χ0n) is 10.6. The van der Waals surface area contributed by atoms with Crippen molar-refractivity contribution in [2.24, 2.45) is 0 Å². The van der Waals surface area contributed by atoms with Gasteiger partial charge in [0.2, 0.25) is 10.0 Å². The summed E-state index contributed by atoms with van der Waals surface area (Å²) in [6.07, 6.45) is 0. The highest BCUT2D eigenvalue weighted by Crippen LogP contribution is 2.36. The van der Waals surface area contributed by atoms with Gasteiger partial charge in [-0.05, 0) is 26.0 Å². The number of nitro groups is 1. The molecule has 1 rings (SSSR count). The predicted octanol–water partition coefficient (Wildman–Crippen LogP) is 1.95. The lowest BCUT2D eigenvalue weighted by Gasteiger charge is -2.18. The van der Waals surface area contributed by atoms with Crippen LogP contribution < -0.4 is 4.72 Å². The van der Waals surface area contributed by atoms with Crippen LogP contribution in [-0.4, -0.2) is 30.6 Å². The van der Waals surface area contributed by atoms with Gasteiger partial charge in [0.25, 0.3) is 0 Å². The van der Waals surface area contributed by atoms with E-state index in [0.29, 0.717) is 0 Å². The first-order valence-electron chi connectivity index (χ1n) is 5.30. The lowest BCUT2D eigenvalue weighted by Crippen LogP contribution is -2.38. The van der Waals surface area contributed by atoms with Gasteiger partial charge in [-0.1, -0.05) is 23.2 Å². The number of nitro benzene ring substituents is 1. The third-order valence-corrected chi connectivity index (χ3v) is 4.44. The number of nitrogens with zero attached hydrogens (tertiary/aromatic N) is 1. The van der Waals surface area contributed by atoms with Gasteiger partial charge in [0.15, 0.2) is 0 Å². The van der Waals surface area contributed by atoms with Gasteiger partial charge in [-0.3, -0.25) is 10.1 Å². The van der Waals surface area contributed by atoms with Crippen LogP contribution in [0.15, 0.2) is 17.0 Å². The van der Waals surface area contributed by atoms with Crippen LogP contribution in [-0.2, 0) is 10.0 Å². The molecule has 10 heteroatoms. The van der Waals surface area contributed by atoms with Crippen molar-refractivity contribution in [2.45, 2.75) is 24.3 Å². The number of nitrogens with one attached hydrogen (secondary N) is 1. The molecule has 7 nitrogen and oxygen atoms in total. The molecule has 0 aliphatic carbocycles. The van der Waals surface area contributed by atoms with Gasteiger partial charge in [-0.15, -0.1) is 0 Å². The first-order valence-corrected chi connectivity index (χ1v) is 7.54. The lowest BCUT2D eigenvalue weighted by atomic mass is 10.1. The highest BCUT2D eigenvalue weighted by Gasteiger charge is 2.28. The van der Waals surface area contributed by atoms with Gasteiger partial charge in [-0.2, -0.15) is 0 Å². The molecule has 0 fully saturated rings. The summed E-state index contributed by atoms with van der Waals surface area (Å²) in [6, 6.07) is 2.13. The minimum Gasteiger partial charge on any atom is -0.389 e. The molecule has 0 saturated heterocycles. The van der Waals surface area contributed by atoms with E-state index in [-0.39, 0.29) is 11.6 Å². The molecule has 0 spiro atoms. The third-order valence-electron chi connectivity index (χ3n) is 2.20. The van der Waals surface area contributed by atoms with Gasteiger partial charge in [0.1, 0.15) is 14.9 Å². The minimum atomic E-state index is -4.10. The van der Waals surface area contributed by atoms with E-state index in [4.69, 9.17) is 23.2 Å². The molecule has 0 aliphatic heterocycles. The maximum atomic E-state index is 12.0. The second-order valence-electron chi connectivity index (χ2n) is 4.60. The lowest BCUT2D eigenvalue weighted by molar-refractivity contribution is -0.384. The Bertz CT molecular complexity index is 640. The molecule has 1 aromatic carbocycles. The molecule has 0 heterocycles. The summed E-state index contributed by atoms with van der Waals surface area (Å²) in [5, 5.41) is 19.5. The summed E-state index contributed by atoms with van der Waals surface area (Å²) in [6.45, 7) is 2.53. The highest BCUT2D eigenvalue weighted by atomic mass is 35.5. The SMILES string of the molecule is CC(C)(O)CNS(=O)(=O)c1ccc(Cl)c([N+](=O)[O-])c1Cl. The maximum absolute atomic E-state index is 12.0. The Kier molecular flexibility index (Phi) is 4.99. The largest absolute Gasteiger partial charge is 0.389 e. The molecule has 0 atom stereocenters. The normalized spacial score (nSPS) is 12.4. The van der Waals surface area contributed by atoms with Crippen molar-refractivity contribution >= 4 is 38.9 Å². The first kappa shape index (κ1) is 17.1. The molecular weight excluding hydrogens is 331 g/mol. The van der Waals surface area contributed by atoms with Crippen LogP contribution in [0.25, 0.3) is 0 Å². The predicted molar refractivity (Wildman–Crippen MR) is 74.6 cm³/mol. The van der Waals surface area contributed by atoms with Crippen LogP contribution in [0.2, 0.25) is 10.0 Å². The van der Waals surface area contributed by atoms with E-state index in [1.807, 2.05) is 0 Å². The van der Waals surface area contributed by atoms with E-state index >= 15 is 0 Å². The summed E-state index contributed by atoms with van der Waals surface area (Å²) in [5.41, 5.74) is -1.96. The van der Waals surface area contributed by atoms with Crippen molar-refractivity contribution in [3.8, 4) is 0 Å². The van der Waals surface area contributed by atoms with Gasteiger partial charge >= 0.3 is 5.69 Å². The number of hydrogen-bond acceptors (Lipinski definition) is 5. The summed E-state index contributed by atoms with van der Waals surface area (Å²) in [4.78, 5) is 9.49. The van der Waals surface area contributed by atoms with Crippen molar-refractivity contribution in [2.75, 3.05) is 6.54 Å². The van der Waals surface area contributed by atoms with Crippen molar-refractivity contribution in [1.29, 1.82) is 0 Å². The number of aliphatic hydroxyl groups is 1. The van der Waals surface area contributed by atoms with Crippen LogP contribution in [0.1, 0.15) is 13.8 Å². The quantitative estimate of drug-likeness (QED) is 0.627. The van der Waals surface area contributed by atoms with Crippen LogP contribution in [0, 0.1) is 10.1 Å². The van der Waals surface area contributed by atoms with E-state index in [9.17, 15) is 23.6 Å². The Morgan fingerprint density at radius 3 is 2.40 bits per heavy atom. The zero-order valence-corrected chi connectivity index (χ0v) is 12.9. The zero-order chi connectivity index (χ0) is 15.7. The van der Waals surface area contributed by atoms with Gasteiger partial charge in [0, 0.05) is 6.54 Å². The molecule has 0 radical (unpaired) electrons. The van der Waals surface area contributed by atoms with Crippen LogP contribution in [0.4, 0.5) is 5.69 Å². The number of sulfonamides is 1. The Morgan fingerprint density at radius 1 is 1.40 bits per heavy atom. The minimum absolute atomic E-state index is 0.263. The second-order valence-corrected chi connectivity index (χ2v) is 7.12. The van der Waals surface area contributed by atoms with Crippen molar-refractivity contribution in [1.82, 2.24) is 4.72 Å². The fourth-order valence-corrected chi connectivity index (χ4v) is 3.34. The summed E-state index contributed by atoms with van der Waals surface area (Å²) in [5.74, 6) is 0. The second kappa shape index (κ2) is 5.82. The Labute approximate surface area is 125 Å². The number of rotatable bonds is 5. The molecular formula is C10H12Cl2N2O5S. The van der Waals surface area contributed by atoms with Crippen molar-refractivity contribution in [3.05, 3.63) is 32.3 Å². The topological polar surface area (TPSA) is 110 Å². The average Bonchev–Trinajstić information content (AvgIpc) is 2.24. The molecule has 20 heavy (non-hydrogen) atoms. The first-order chi connectivity index (χ1) is 8.96. The van der Waals surface area contributed by atoms with Crippen LogP contribution in [0.5, 0.6) is 0 Å². The number of benzene rings is 1. The van der Waals surface area contributed by atoms with E-state index in [0.717, 1.165) is 12.1 Å². The highest BCUT2D eigenvalue weighted by molar-refractivity contribution is 7.89. The summed E-state index contributed by atoms with van der Waals surface area (Å²) >= 11 is 11.4. The van der Waals surface area contributed by atoms with E-state index in [2.05, 4.69) is 4.72 Å². The third kappa shape index (κ3) is 4.03. The van der Waals surface area contributed by atoms with Gasteiger partial charge in [0.05, 0.1) is 10.5 Å². The Balaban J connectivity index is 3.27. The fourth-order valence-electron chi connectivity index (χ4n) is 1.25. The Hall–Kier alpha value is -0.930. The van der Waals surface area contributed by atoms with Crippen molar-refractivity contribution < 1.29 is 18.4 Å². The fraction of sp³-hybridized carbons (Fsp3) is 0.400. The maximum Gasteiger partial charge on any atom is 0.307 e. The van der Waals surface area contributed by atoms with Crippen LogP contribution in [0.3, 0.4) is 0 Å². The average molecular weight is 343 g/mol. The summed E-state index contributed by atoms with van der Waals surface area (Å²) < 4.78 is 26.1. The molecule has 0 unspecified atom stereocenters.